The van der Waals surface area contributed by atoms with Gasteiger partial charge < -0.3 is 4.90 Å². The van der Waals surface area contributed by atoms with Crippen LogP contribution in [-0.4, -0.2) is 38.9 Å². The summed E-state index contributed by atoms with van der Waals surface area (Å²) < 4.78 is 27.9. The number of likely N-dealkylation sites (tertiary alicyclic amines) is 1. The zero-order valence-electron chi connectivity index (χ0n) is 15.8. The van der Waals surface area contributed by atoms with Gasteiger partial charge in [0.25, 0.3) is 10.0 Å². The molecule has 0 aliphatic carbocycles. The topological polar surface area (TPSA) is 57.7 Å². The van der Waals surface area contributed by atoms with Gasteiger partial charge in [0.05, 0.1) is 10.6 Å². The number of rotatable bonds is 5. The molecule has 0 bridgehead atoms. The van der Waals surface area contributed by atoms with E-state index in [0.717, 1.165) is 18.4 Å². The van der Waals surface area contributed by atoms with Crippen molar-refractivity contribution >= 4 is 21.6 Å². The molecule has 27 heavy (non-hydrogen) atoms. The minimum Gasteiger partial charge on any atom is -0.341 e. The van der Waals surface area contributed by atoms with Crippen LogP contribution in [0.3, 0.4) is 0 Å². The molecule has 2 aromatic rings. The maximum atomic E-state index is 13.3. The molecular formula is C21H26N2O3S. The fourth-order valence-electron chi connectivity index (χ4n) is 3.45. The first-order valence-electron chi connectivity index (χ1n) is 9.30. The summed E-state index contributed by atoms with van der Waals surface area (Å²) in [5, 5.41) is 0. The van der Waals surface area contributed by atoms with E-state index >= 15 is 0 Å². The summed E-state index contributed by atoms with van der Waals surface area (Å²) in [4.78, 5) is 14.9. The number of carbonyl (C=O) groups is 1. The Balaban J connectivity index is 1.93. The van der Waals surface area contributed by atoms with E-state index in [1.54, 1.807) is 47.4 Å². The van der Waals surface area contributed by atoms with E-state index in [0.29, 0.717) is 24.7 Å². The lowest BCUT2D eigenvalue weighted by Crippen LogP contribution is -2.46. The number of para-hydroxylation sites is 1. The van der Waals surface area contributed by atoms with Crippen LogP contribution < -0.4 is 4.31 Å². The van der Waals surface area contributed by atoms with Gasteiger partial charge in [-0.25, -0.2) is 8.42 Å². The molecular weight excluding hydrogens is 360 g/mol. The van der Waals surface area contributed by atoms with Gasteiger partial charge in [0, 0.05) is 13.1 Å². The van der Waals surface area contributed by atoms with Crippen molar-refractivity contribution in [3.63, 3.8) is 0 Å². The fourth-order valence-corrected chi connectivity index (χ4v) is 4.97. The van der Waals surface area contributed by atoms with Gasteiger partial charge in [-0.15, -0.1) is 0 Å². The summed E-state index contributed by atoms with van der Waals surface area (Å²) in [6.07, 6.45) is 2.07. The summed E-state index contributed by atoms with van der Waals surface area (Å²) in [6, 6.07) is 15.6. The molecule has 2 aromatic carbocycles. The molecule has 144 valence electrons. The van der Waals surface area contributed by atoms with Crippen LogP contribution in [0.4, 0.5) is 5.69 Å². The summed E-state index contributed by atoms with van der Waals surface area (Å²) in [5.74, 6) is 0.294. The number of carbonyl (C=O) groups excluding carboxylic acids is 1. The van der Waals surface area contributed by atoms with Crippen molar-refractivity contribution in [2.24, 2.45) is 5.92 Å². The normalized spacial score (nSPS) is 17.6. The van der Waals surface area contributed by atoms with Gasteiger partial charge in [0.1, 0.15) is 6.54 Å². The van der Waals surface area contributed by atoms with Crippen molar-refractivity contribution in [2.75, 3.05) is 23.9 Å². The van der Waals surface area contributed by atoms with Crippen LogP contribution in [-0.2, 0) is 14.8 Å². The number of aryl methyl sites for hydroxylation is 1. The second-order valence-corrected chi connectivity index (χ2v) is 9.11. The predicted octanol–water partition coefficient (Wildman–Crippen LogP) is 3.45. The predicted molar refractivity (Wildman–Crippen MR) is 107 cm³/mol. The zero-order chi connectivity index (χ0) is 19.4. The molecule has 1 aliphatic rings. The van der Waals surface area contributed by atoms with Crippen molar-refractivity contribution in [1.82, 2.24) is 4.90 Å². The molecule has 1 aliphatic heterocycles. The smallest absolute Gasteiger partial charge is 0.264 e. The van der Waals surface area contributed by atoms with Gasteiger partial charge in [-0.05, 0) is 55.5 Å². The molecule has 0 radical (unpaired) electrons. The third-order valence-electron chi connectivity index (χ3n) is 4.91. The van der Waals surface area contributed by atoms with Crippen LogP contribution in [0.5, 0.6) is 0 Å². The number of hydrogen-bond donors (Lipinski definition) is 0. The lowest BCUT2D eigenvalue weighted by atomic mass is 10.0. The van der Waals surface area contributed by atoms with E-state index in [2.05, 4.69) is 6.92 Å². The Kier molecular flexibility index (Phi) is 5.85. The highest BCUT2D eigenvalue weighted by molar-refractivity contribution is 7.92. The summed E-state index contributed by atoms with van der Waals surface area (Å²) in [5.41, 5.74) is 1.36. The van der Waals surface area contributed by atoms with E-state index < -0.39 is 10.0 Å². The van der Waals surface area contributed by atoms with Crippen LogP contribution in [0.1, 0.15) is 25.3 Å². The average molecular weight is 387 g/mol. The van der Waals surface area contributed by atoms with Crippen molar-refractivity contribution in [3.8, 4) is 0 Å². The second kappa shape index (κ2) is 8.13. The third kappa shape index (κ3) is 4.50. The molecule has 6 heteroatoms. The lowest BCUT2D eigenvalue weighted by molar-refractivity contribution is -0.131. The summed E-state index contributed by atoms with van der Waals surface area (Å²) in [7, 11) is -3.84. The van der Waals surface area contributed by atoms with Crippen LogP contribution in [0.15, 0.2) is 59.5 Å². The highest BCUT2D eigenvalue weighted by Crippen LogP contribution is 2.25. The number of sulfonamides is 1. The van der Waals surface area contributed by atoms with E-state index in [9.17, 15) is 13.2 Å². The Hall–Kier alpha value is -2.34. The van der Waals surface area contributed by atoms with Crippen molar-refractivity contribution in [2.45, 2.75) is 31.6 Å². The molecule has 1 heterocycles. The van der Waals surface area contributed by atoms with Gasteiger partial charge in [0.2, 0.25) is 5.91 Å². The van der Waals surface area contributed by atoms with Crippen molar-refractivity contribution < 1.29 is 13.2 Å². The number of amides is 1. The molecule has 0 saturated carbocycles. The highest BCUT2D eigenvalue weighted by atomic mass is 32.2. The molecule has 1 atom stereocenters. The molecule has 1 unspecified atom stereocenters. The second-order valence-electron chi connectivity index (χ2n) is 7.25. The number of hydrogen-bond acceptors (Lipinski definition) is 3. The van der Waals surface area contributed by atoms with Crippen LogP contribution >= 0.6 is 0 Å². The number of nitrogens with zero attached hydrogens (tertiary/aromatic N) is 2. The number of piperidine rings is 1. The van der Waals surface area contributed by atoms with E-state index in [1.807, 2.05) is 19.1 Å². The van der Waals surface area contributed by atoms with Gasteiger partial charge in [-0.2, -0.15) is 0 Å². The van der Waals surface area contributed by atoms with E-state index in [4.69, 9.17) is 0 Å². The number of benzene rings is 2. The lowest BCUT2D eigenvalue weighted by Gasteiger charge is -2.33. The van der Waals surface area contributed by atoms with E-state index in [-0.39, 0.29) is 17.3 Å². The maximum Gasteiger partial charge on any atom is 0.264 e. The van der Waals surface area contributed by atoms with Gasteiger partial charge >= 0.3 is 0 Å². The molecule has 0 aromatic heterocycles. The van der Waals surface area contributed by atoms with Crippen LogP contribution in [0.2, 0.25) is 0 Å². The number of anilines is 1. The van der Waals surface area contributed by atoms with Crippen molar-refractivity contribution in [1.29, 1.82) is 0 Å². The molecule has 0 N–H and O–H groups in total. The Morgan fingerprint density at radius 2 is 1.89 bits per heavy atom. The fraction of sp³-hybridized carbons (Fsp3) is 0.381. The molecule has 0 spiro atoms. The molecule has 1 fully saturated rings. The van der Waals surface area contributed by atoms with Gasteiger partial charge in [-0.3, -0.25) is 9.10 Å². The first kappa shape index (κ1) is 19.4. The van der Waals surface area contributed by atoms with Gasteiger partial charge in [0.15, 0.2) is 0 Å². The van der Waals surface area contributed by atoms with E-state index in [1.165, 1.54) is 4.31 Å². The zero-order valence-corrected chi connectivity index (χ0v) is 16.7. The first-order valence-corrected chi connectivity index (χ1v) is 10.7. The minimum absolute atomic E-state index is 0.151. The Morgan fingerprint density at radius 3 is 2.56 bits per heavy atom. The van der Waals surface area contributed by atoms with Crippen molar-refractivity contribution in [3.05, 3.63) is 60.2 Å². The Bertz CT molecular complexity index is 897. The van der Waals surface area contributed by atoms with Gasteiger partial charge in [-0.1, -0.05) is 37.3 Å². The standard InChI is InChI=1S/C21H26N2O3S/c1-17-8-6-12-20(14-17)27(25,26)23(19-10-4-3-5-11-19)16-21(24)22-13-7-9-18(2)15-22/h3-6,8,10-12,14,18H,7,9,13,15-16H2,1-2H3. The Morgan fingerprint density at radius 1 is 1.15 bits per heavy atom. The van der Waals surface area contributed by atoms with Crippen LogP contribution in [0.25, 0.3) is 0 Å². The minimum atomic E-state index is -3.84. The quantitative estimate of drug-likeness (QED) is 0.791. The average Bonchev–Trinajstić information content (AvgIpc) is 2.66. The molecule has 3 rings (SSSR count). The first-order chi connectivity index (χ1) is 12.9. The Labute approximate surface area is 161 Å². The highest BCUT2D eigenvalue weighted by Gasteiger charge is 2.30. The molecule has 1 saturated heterocycles. The molecule has 5 nitrogen and oxygen atoms in total. The van der Waals surface area contributed by atoms with Crippen LogP contribution in [0, 0.1) is 12.8 Å². The monoisotopic (exact) mass is 386 g/mol. The third-order valence-corrected chi connectivity index (χ3v) is 6.68. The molecule has 1 amide bonds. The summed E-state index contributed by atoms with van der Waals surface area (Å²) in [6.45, 7) is 5.17. The maximum absolute atomic E-state index is 13.3. The largest absolute Gasteiger partial charge is 0.341 e. The SMILES string of the molecule is Cc1cccc(S(=O)(=O)N(CC(=O)N2CCCC(C)C2)c2ccccc2)c1. The summed E-state index contributed by atoms with van der Waals surface area (Å²) >= 11 is 0.